The van der Waals surface area contributed by atoms with Gasteiger partial charge in [-0.05, 0) is 54.6 Å². The molecule has 0 spiro atoms. The molecule has 15 rings (SSSR count). The second-order valence-corrected chi connectivity index (χ2v) is 25.7. The van der Waals surface area contributed by atoms with E-state index in [0.717, 1.165) is 6.42 Å². The zero-order valence-electron chi connectivity index (χ0n) is 44.1. The van der Waals surface area contributed by atoms with Crippen molar-refractivity contribution in [2.75, 3.05) is 0 Å². The second kappa shape index (κ2) is 18.4. The Labute approximate surface area is 462 Å². The van der Waals surface area contributed by atoms with E-state index in [4.69, 9.17) is 0 Å². The van der Waals surface area contributed by atoms with Crippen LogP contribution in [0.4, 0.5) is 0 Å². The summed E-state index contributed by atoms with van der Waals surface area (Å²) < 4.78 is 2.30. The third-order valence-corrected chi connectivity index (χ3v) is 21.4. The van der Waals surface area contributed by atoms with Crippen LogP contribution in [-0.2, 0) is 6.42 Å². The third-order valence-electron chi connectivity index (χ3n) is 17.6. The standard InChI is InChI=1S/C76H58I/c1-5-45(3)39-40-62-64(48-23-11-7-12-24-48)70-58-37-21-33-54-53(42-44-61(68(54)58)75(70)67(51-29-17-10-18-30-51)76(62)77-46(4)6-2)52-41-43-60-69-55(52)34-22-38-59(69)73-65(49-25-13-8-14-26-49)71-56-35-19-31-47-32-20-36-57(63(47)56)72(71)66(74(60)73)50-27-15-9-16-28-50/h7-38,41-46H,5-6,39-40H2,1-4H3/q-1. The van der Waals surface area contributed by atoms with Crippen LogP contribution < -0.4 is 21.2 Å². The third kappa shape index (κ3) is 6.95. The number of benzene rings is 12. The van der Waals surface area contributed by atoms with Crippen molar-refractivity contribution < 1.29 is 21.2 Å². The Morgan fingerprint density at radius 2 is 0.727 bits per heavy atom. The average Bonchev–Trinajstić information content (AvgIpc) is 4.27. The summed E-state index contributed by atoms with van der Waals surface area (Å²) in [5.41, 5.74) is 20.6. The first-order chi connectivity index (χ1) is 38.0. The average molecular weight is 1100 g/mol. The van der Waals surface area contributed by atoms with Gasteiger partial charge in [-0.1, -0.05) is 97.1 Å². The van der Waals surface area contributed by atoms with Crippen LogP contribution in [0.25, 0.3) is 153 Å². The molecule has 1 heteroatoms. The van der Waals surface area contributed by atoms with E-state index < -0.39 is 0 Å². The quantitative estimate of drug-likeness (QED) is 0.0845. The van der Waals surface area contributed by atoms with Gasteiger partial charge in [0.2, 0.25) is 0 Å². The number of rotatable bonds is 12. The summed E-state index contributed by atoms with van der Waals surface area (Å²) in [6.45, 7) is 9.71. The van der Waals surface area contributed by atoms with Gasteiger partial charge in [-0.2, -0.15) is 0 Å². The van der Waals surface area contributed by atoms with E-state index in [1.807, 2.05) is 0 Å². The molecule has 0 nitrogen and oxygen atoms in total. The molecule has 2 unspecified atom stereocenters. The molecule has 0 amide bonds. The molecule has 0 N–H and O–H groups in total. The fourth-order valence-corrected chi connectivity index (χ4v) is 17.1. The van der Waals surface area contributed by atoms with Crippen LogP contribution in [0, 0.1) is 9.49 Å². The summed E-state index contributed by atoms with van der Waals surface area (Å²) in [6.07, 6.45) is 4.65. The van der Waals surface area contributed by atoms with E-state index in [0.29, 0.717) is 9.84 Å². The minimum atomic E-state index is -0.338. The summed E-state index contributed by atoms with van der Waals surface area (Å²) >= 11 is -0.338. The molecule has 77 heavy (non-hydrogen) atoms. The van der Waals surface area contributed by atoms with Gasteiger partial charge < -0.3 is 0 Å². The molecule has 370 valence electrons. The summed E-state index contributed by atoms with van der Waals surface area (Å²) in [5.74, 6) is 0.651. The Hall–Kier alpha value is -7.85. The molecular weight excluding hydrogens is 1040 g/mol. The molecule has 0 heterocycles. The minimum absolute atomic E-state index is 0.338. The number of halogens is 1. The van der Waals surface area contributed by atoms with Crippen molar-refractivity contribution in [2.45, 2.75) is 57.3 Å². The first kappa shape index (κ1) is 46.5. The Balaban J connectivity index is 1.05. The zero-order valence-corrected chi connectivity index (χ0v) is 46.3. The Bertz CT molecular complexity index is 4480. The Morgan fingerprint density at radius 1 is 0.312 bits per heavy atom. The van der Waals surface area contributed by atoms with Crippen molar-refractivity contribution in [3.8, 4) is 77.9 Å². The molecule has 0 saturated heterocycles. The number of alkyl halides is 1. The first-order valence-electron chi connectivity index (χ1n) is 28.0. The van der Waals surface area contributed by atoms with Crippen molar-refractivity contribution in [2.24, 2.45) is 5.92 Å². The van der Waals surface area contributed by atoms with E-state index >= 15 is 0 Å². The number of fused-ring (bicyclic) bond motifs is 9. The summed E-state index contributed by atoms with van der Waals surface area (Å²) in [7, 11) is 0. The Morgan fingerprint density at radius 3 is 1.27 bits per heavy atom. The molecule has 0 bridgehead atoms. The van der Waals surface area contributed by atoms with Gasteiger partial charge in [0.1, 0.15) is 0 Å². The molecule has 0 saturated carbocycles. The normalized spacial score (nSPS) is 13.1. The van der Waals surface area contributed by atoms with Gasteiger partial charge in [0.25, 0.3) is 0 Å². The van der Waals surface area contributed by atoms with Crippen molar-refractivity contribution in [3.63, 3.8) is 0 Å². The van der Waals surface area contributed by atoms with Crippen LogP contribution in [0.3, 0.4) is 0 Å². The molecule has 14 aromatic carbocycles. The van der Waals surface area contributed by atoms with Crippen molar-refractivity contribution in [3.05, 3.63) is 228 Å². The second-order valence-electron chi connectivity index (χ2n) is 21.8. The van der Waals surface area contributed by atoms with Crippen molar-refractivity contribution >= 4 is 75.4 Å². The molecule has 2 atom stereocenters. The summed E-state index contributed by atoms with van der Waals surface area (Å²) in [4.78, 5) is 0. The van der Waals surface area contributed by atoms with Gasteiger partial charge in [-0.25, -0.2) is 0 Å². The van der Waals surface area contributed by atoms with Crippen LogP contribution in [-0.4, -0.2) is 3.92 Å². The van der Waals surface area contributed by atoms with Crippen LogP contribution in [0.1, 0.15) is 52.5 Å². The van der Waals surface area contributed by atoms with Gasteiger partial charge in [0.15, 0.2) is 0 Å². The van der Waals surface area contributed by atoms with E-state index in [1.165, 1.54) is 173 Å². The monoisotopic (exact) mass is 1100 g/mol. The number of hydrogen-bond acceptors (Lipinski definition) is 0. The maximum atomic E-state index is 2.51. The molecular formula is C76H58I-. The first-order valence-corrected chi connectivity index (χ1v) is 30.3. The van der Waals surface area contributed by atoms with Crippen LogP contribution in [0.15, 0.2) is 218 Å². The van der Waals surface area contributed by atoms with E-state index in [1.54, 1.807) is 9.13 Å². The van der Waals surface area contributed by atoms with Crippen LogP contribution in [0.2, 0.25) is 0 Å². The van der Waals surface area contributed by atoms with Gasteiger partial charge in [-0.15, -0.1) is 0 Å². The fraction of sp³-hybridized carbons (Fsp3) is 0.132. The predicted molar refractivity (Wildman–Crippen MR) is 329 cm³/mol. The fourth-order valence-electron chi connectivity index (χ4n) is 13.8. The predicted octanol–water partition coefficient (Wildman–Crippen LogP) is 18.7. The summed E-state index contributed by atoms with van der Waals surface area (Å²) in [6, 6.07) is 83.5. The van der Waals surface area contributed by atoms with Gasteiger partial charge in [0, 0.05) is 0 Å². The SMILES string of the molecule is CCC(C)CCc1c([I-]C(C)CC)c(-c2ccccc2)c2c(c1-c1ccccc1)-c1cccc3c(-c4ccc5c6c(-c7ccccc7)c7c8cccc9cccc(c7c(-c7ccccc7)c6c6cccc4c65)c98)ccc-2c13. The molecule has 0 fully saturated rings. The molecule has 14 aromatic rings. The Kier molecular flexibility index (Phi) is 11.1. The maximum absolute atomic E-state index is 2.51. The van der Waals surface area contributed by atoms with Gasteiger partial charge in [-0.3, -0.25) is 0 Å². The summed E-state index contributed by atoms with van der Waals surface area (Å²) in [5, 5.41) is 18.7. The van der Waals surface area contributed by atoms with E-state index in [-0.39, 0.29) is 21.2 Å². The molecule has 0 radical (unpaired) electrons. The van der Waals surface area contributed by atoms with E-state index in [2.05, 4.69) is 246 Å². The van der Waals surface area contributed by atoms with Gasteiger partial charge in [0.05, 0.1) is 0 Å². The van der Waals surface area contributed by atoms with Crippen molar-refractivity contribution in [1.29, 1.82) is 0 Å². The molecule has 1 aliphatic carbocycles. The zero-order chi connectivity index (χ0) is 51.5. The van der Waals surface area contributed by atoms with E-state index in [9.17, 15) is 0 Å². The topological polar surface area (TPSA) is 0 Å². The number of hydrogen-bond donors (Lipinski definition) is 0. The van der Waals surface area contributed by atoms with Crippen LogP contribution >= 0.6 is 0 Å². The van der Waals surface area contributed by atoms with Gasteiger partial charge >= 0.3 is 314 Å². The van der Waals surface area contributed by atoms with Crippen LogP contribution in [0.5, 0.6) is 0 Å². The van der Waals surface area contributed by atoms with Crippen molar-refractivity contribution in [1.82, 2.24) is 0 Å². The molecule has 0 aliphatic heterocycles. The molecule has 1 aliphatic rings. The molecule has 0 aromatic heterocycles.